The number of aromatic nitrogens is 2. The van der Waals surface area contributed by atoms with E-state index in [1.807, 2.05) is 30.3 Å². The second kappa shape index (κ2) is 6.62. The monoisotopic (exact) mass is 353 g/mol. The first-order valence-electron chi connectivity index (χ1n) is 7.25. The maximum atomic E-state index is 11.9. The van der Waals surface area contributed by atoms with E-state index in [0.717, 1.165) is 11.8 Å². The zero-order chi connectivity index (χ0) is 18.0. The van der Waals surface area contributed by atoms with Gasteiger partial charge in [0.1, 0.15) is 4.64 Å². The van der Waals surface area contributed by atoms with Crippen LogP contribution in [0.25, 0.3) is 18.5 Å². The van der Waals surface area contributed by atoms with E-state index in [2.05, 4.69) is 17.0 Å². The molecule has 2 aromatic carbocycles. The minimum atomic E-state index is -0.560. The van der Waals surface area contributed by atoms with Crippen molar-refractivity contribution in [3.63, 3.8) is 0 Å². The van der Waals surface area contributed by atoms with Crippen molar-refractivity contribution in [1.29, 1.82) is 0 Å². The van der Waals surface area contributed by atoms with Gasteiger partial charge in [-0.3, -0.25) is 15.2 Å². The van der Waals surface area contributed by atoms with Crippen LogP contribution in [0.2, 0.25) is 0 Å². The Kier molecular flexibility index (Phi) is 4.36. The maximum absolute atomic E-state index is 11.9. The van der Waals surface area contributed by atoms with Crippen LogP contribution in [0.4, 0.5) is 11.4 Å². The van der Waals surface area contributed by atoms with Crippen molar-refractivity contribution in [2.45, 2.75) is 0 Å². The van der Waals surface area contributed by atoms with Gasteiger partial charge in [0.2, 0.25) is 0 Å². The molecule has 0 aliphatic rings. The predicted octanol–water partition coefficient (Wildman–Crippen LogP) is 1.78. The molecule has 0 saturated carbocycles. The highest BCUT2D eigenvalue weighted by Gasteiger charge is 2.06. The number of hydrogen-bond acceptors (Lipinski definition) is 5. The second-order valence-electron chi connectivity index (χ2n) is 5.21. The van der Waals surface area contributed by atoms with Gasteiger partial charge < -0.3 is 10.4 Å². The first-order chi connectivity index (χ1) is 12.0. The Hall–Kier alpha value is -3.39. The molecule has 0 saturated heterocycles. The Balaban J connectivity index is 2.03. The first kappa shape index (κ1) is 16.5. The highest BCUT2D eigenvalue weighted by molar-refractivity contribution is 7.71. The van der Waals surface area contributed by atoms with E-state index in [4.69, 9.17) is 12.2 Å². The summed E-state index contributed by atoms with van der Waals surface area (Å²) >= 11 is 5.44. The normalized spacial score (nSPS) is 11.4. The molecule has 0 unspecified atom stereocenters. The van der Waals surface area contributed by atoms with Crippen LogP contribution in [0.1, 0.15) is 0 Å². The Morgan fingerprint density at radius 1 is 1.24 bits per heavy atom. The van der Waals surface area contributed by atoms with Gasteiger partial charge in [-0.2, -0.15) is 0 Å². The highest BCUT2D eigenvalue weighted by atomic mass is 32.1. The van der Waals surface area contributed by atoms with Gasteiger partial charge in [-0.15, -0.1) is 0 Å². The third-order valence-electron chi connectivity index (χ3n) is 3.57. The molecule has 1 aromatic heterocycles. The van der Waals surface area contributed by atoms with Gasteiger partial charge in [0.25, 0.3) is 5.69 Å². The summed E-state index contributed by atoms with van der Waals surface area (Å²) in [6.07, 6.45) is 1.51. The van der Waals surface area contributed by atoms with Gasteiger partial charge in [0.05, 0.1) is 21.2 Å². The van der Waals surface area contributed by atoms with Crippen LogP contribution in [-0.4, -0.2) is 14.7 Å². The van der Waals surface area contributed by atoms with Gasteiger partial charge in [-0.05, 0) is 12.1 Å². The van der Waals surface area contributed by atoms with Crippen molar-refractivity contribution in [1.82, 2.24) is 9.78 Å². The molecule has 0 atom stereocenters. The molecular weight excluding hydrogens is 340 g/mol. The van der Waals surface area contributed by atoms with E-state index in [1.54, 1.807) is 4.68 Å². The summed E-state index contributed by atoms with van der Waals surface area (Å²) in [6, 6.07) is 12.9. The van der Waals surface area contributed by atoms with E-state index in [9.17, 15) is 15.2 Å². The number of nitro groups is 1. The Bertz CT molecular complexity index is 1100. The van der Waals surface area contributed by atoms with Crippen LogP contribution in [0.5, 0.6) is 5.75 Å². The molecule has 0 bridgehead atoms. The summed E-state index contributed by atoms with van der Waals surface area (Å²) in [6.45, 7) is 3.91. The number of para-hydroxylation sites is 1. The smallest absolute Gasteiger partial charge is 0.271 e. The molecule has 0 radical (unpaired) electrons. The van der Waals surface area contributed by atoms with Crippen molar-refractivity contribution in [3.8, 4) is 11.4 Å². The van der Waals surface area contributed by atoms with Gasteiger partial charge in [-0.1, -0.05) is 48.8 Å². The summed E-state index contributed by atoms with van der Waals surface area (Å²) in [5.41, 5.74) is 0.768. The number of nitro benzene ring substituents is 1. The van der Waals surface area contributed by atoms with Crippen molar-refractivity contribution < 1.29 is 10.0 Å². The topological polar surface area (TPSA) is 99.0 Å². The molecule has 0 amide bonds. The minimum absolute atomic E-state index is 0.0930. The predicted molar refractivity (Wildman–Crippen MR) is 96.4 cm³/mol. The lowest BCUT2D eigenvalue weighted by atomic mass is 10.2. The van der Waals surface area contributed by atoms with E-state index >= 15 is 0 Å². The number of rotatable bonds is 4. The number of aromatic amines is 1. The standard InChI is InChI=1S/C17H14N4O3S/c1-11-14(17(25)20(19-11)12-5-3-2-4-6-12)10-18-15-9-13(21(23)24)7-8-16(15)22/h2-10,18-19,22H,1H2/p-1. The lowest BCUT2D eigenvalue weighted by molar-refractivity contribution is -0.385. The highest BCUT2D eigenvalue weighted by Crippen LogP contribution is 2.25. The number of non-ortho nitro benzene ring substituents is 1. The van der Waals surface area contributed by atoms with Crippen molar-refractivity contribution in [2.24, 2.45) is 0 Å². The molecule has 25 heavy (non-hydrogen) atoms. The van der Waals surface area contributed by atoms with Crippen molar-refractivity contribution in [3.05, 3.63) is 73.9 Å². The summed E-state index contributed by atoms with van der Waals surface area (Å²) < 4.78 is 2.16. The minimum Gasteiger partial charge on any atom is -0.871 e. The zero-order valence-electron chi connectivity index (χ0n) is 12.9. The number of H-pyrrole nitrogens is 1. The Morgan fingerprint density at radius 2 is 1.96 bits per heavy atom. The summed E-state index contributed by atoms with van der Waals surface area (Å²) in [7, 11) is 0. The van der Waals surface area contributed by atoms with E-state index in [-0.39, 0.29) is 17.1 Å². The summed E-state index contributed by atoms with van der Waals surface area (Å²) in [5.74, 6) is -0.357. The van der Waals surface area contributed by atoms with Gasteiger partial charge >= 0.3 is 0 Å². The summed E-state index contributed by atoms with van der Waals surface area (Å²) in [5, 5.41) is 29.7. The fourth-order valence-electron chi connectivity index (χ4n) is 2.30. The van der Waals surface area contributed by atoms with E-state index in [1.165, 1.54) is 18.3 Å². The number of nitrogens with zero attached hydrogens (tertiary/aromatic N) is 2. The molecule has 0 aliphatic heterocycles. The molecule has 0 spiro atoms. The van der Waals surface area contributed by atoms with Crippen molar-refractivity contribution in [2.75, 3.05) is 5.32 Å². The van der Waals surface area contributed by atoms with Gasteiger partial charge in [0.15, 0.2) is 0 Å². The molecule has 2 N–H and O–H groups in total. The van der Waals surface area contributed by atoms with E-state index in [0.29, 0.717) is 15.2 Å². The first-order valence-corrected chi connectivity index (χ1v) is 7.66. The fourth-order valence-corrected chi connectivity index (χ4v) is 2.63. The molecule has 3 rings (SSSR count). The maximum Gasteiger partial charge on any atom is 0.271 e. The lowest BCUT2D eigenvalue weighted by Crippen LogP contribution is -2.22. The Labute approximate surface area is 147 Å². The van der Waals surface area contributed by atoms with Crippen LogP contribution in [0.15, 0.2) is 48.5 Å². The average molecular weight is 353 g/mol. The number of hydrogen-bond donors (Lipinski definition) is 2. The van der Waals surface area contributed by atoms with Crippen LogP contribution < -0.4 is 21.0 Å². The van der Waals surface area contributed by atoms with Crippen LogP contribution in [0.3, 0.4) is 0 Å². The van der Waals surface area contributed by atoms with E-state index < -0.39 is 4.92 Å². The third kappa shape index (κ3) is 3.29. The zero-order valence-corrected chi connectivity index (χ0v) is 13.7. The SMILES string of the molecule is C=c1[nH]n(-c2ccccc2)c(=S)c1=CNc1cc([N+](=O)[O-])ccc1[O-]. The average Bonchev–Trinajstić information content (AvgIpc) is 2.89. The quantitative estimate of drug-likeness (QED) is 0.423. The van der Waals surface area contributed by atoms with Gasteiger partial charge in [-0.25, -0.2) is 4.68 Å². The van der Waals surface area contributed by atoms with Gasteiger partial charge in [0, 0.05) is 24.0 Å². The number of anilines is 1. The number of benzene rings is 2. The van der Waals surface area contributed by atoms with Crippen LogP contribution >= 0.6 is 12.2 Å². The molecule has 0 aliphatic carbocycles. The number of nitrogens with one attached hydrogen (secondary N) is 2. The molecule has 126 valence electrons. The molecule has 1 heterocycles. The molecular formula is C17H13N4O3S-. The van der Waals surface area contributed by atoms with Crippen LogP contribution in [-0.2, 0) is 0 Å². The molecule has 7 nitrogen and oxygen atoms in total. The fraction of sp³-hybridized carbons (Fsp3) is 0. The van der Waals surface area contributed by atoms with Crippen molar-refractivity contribution >= 4 is 36.4 Å². The molecule has 0 fully saturated rings. The lowest BCUT2D eigenvalue weighted by Gasteiger charge is -2.11. The largest absolute Gasteiger partial charge is 0.871 e. The molecule has 3 aromatic rings. The summed E-state index contributed by atoms with van der Waals surface area (Å²) in [4.78, 5) is 10.3. The Morgan fingerprint density at radius 3 is 2.64 bits per heavy atom. The third-order valence-corrected chi connectivity index (χ3v) is 3.97. The van der Waals surface area contributed by atoms with Crippen LogP contribution in [0, 0.1) is 14.8 Å². The second-order valence-corrected chi connectivity index (χ2v) is 5.59. The molecule has 8 heteroatoms.